The molecule has 1 saturated heterocycles. The fourth-order valence-corrected chi connectivity index (χ4v) is 3.44. The molecule has 0 aliphatic carbocycles. The van der Waals surface area contributed by atoms with Gasteiger partial charge in [0.2, 0.25) is 5.89 Å². The topological polar surface area (TPSA) is 55.9 Å². The first-order valence-electron chi connectivity index (χ1n) is 8.62. The highest BCUT2D eigenvalue weighted by molar-refractivity contribution is 5.58. The van der Waals surface area contributed by atoms with Gasteiger partial charge in [0.05, 0.1) is 0 Å². The zero-order chi connectivity index (χ0) is 16.4. The number of oxazole rings is 1. The maximum absolute atomic E-state index is 5.68. The Bertz CT molecular complexity index is 793. The first-order valence-corrected chi connectivity index (χ1v) is 8.62. The van der Waals surface area contributed by atoms with Crippen LogP contribution in [0, 0.1) is 0 Å². The molecule has 4 rings (SSSR count). The number of aromatic nitrogens is 3. The van der Waals surface area contributed by atoms with Crippen LogP contribution in [0.15, 0.2) is 53.4 Å². The molecule has 5 nitrogen and oxygen atoms in total. The van der Waals surface area contributed by atoms with Crippen LogP contribution in [-0.4, -0.2) is 27.1 Å². The van der Waals surface area contributed by atoms with Crippen molar-refractivity contribution in [2.75, 3.05) is 6.54 Å². The Kier molecular flexibility index (Phi) is 4.17. The van der Waals surface area contributed by atoms with Gasteiger partial charge in [-0.25, -0.2) is 9.97 Å². The van der Waals surface area contributed by atoms with Crippen molar-refractivity contribution in [3.8, 4) is 23.0 Å². The van der Waals surface area contributed by atoms with Crippen molar-refractivity contribution in [3.05, 3.63) is 49.0 Å². The first-order chi connectivity index (χ1) is 11.8. The summed E-state index contributed by atoms with van der Waals surface area (Å²) in [7, 11) is 0. The molecule has 1 aliphatic heterocycles. The Morgan fingerprint density at radius 3 is 3.00 bits per heavy atom. The van der Waals surface area contributed by atoms with Crippen molar-refractivity contribution in [1.29, 1.82) is 0 Å². The number of hydrogen-bond donors (Lipinski definition) is 1. The molecule has 0 spiro atoms. The van der Waals surface area contributed by atoms with Crippen LogP contribution in [0.1, 0.15) is 32.2 Å². The molecule has 0 unspecified atom stereocenters. The molecule has 0 saturated carbocycles. The van der Waals surface area contributed by atoms with Crippen LogP contribution >= 0.6 is 0 Å². The molecule has 24 heavy (non-hydrogen) atoms. The van der Waals surface area contributed by atoms with E-state index in [1.807, 2.05) is 36.5 Å². The average molecular weight is 322 g/mol. The summed E-state index contributed by atoms with van der Waals surface area (Å²) in [5, 5.41) is 3.58. The SMILES string of the molecule is CC[C@H]1C[C@H](n2ccnc2-c2coc(-c3ccccc3)n2)CCN1. The minimum Gasteiger partial charge on any atom is -0.444 e. The molecule has 3 heterocycles. The predicted molar refractivity (Wildman–Crippen MR) is 93.5 cm³/mol. The number of imidazole rings is 1. The highest BCUT2D eigenvalue weighted by Crippen LogP contribution is 2.29. The van der Waals surface area contributed by atoms with Gasteiger partial charge in [-0.2, -0.15) is 0 Å². The summed E-state index contributed by atoms with van der Waals surface area (Å²) in [6.45, 7) is 3.29. The summed E-state index contributed by atoms with van der Waals surface area (Å²) in [6.07, 6.45) is 9.03. The number of benzene rings is 1. The minimum atomic E-state index is 0.463. The summed E-state index contributed by atoms with van der Waals surface area (Å²) in [5.74, 6) is 1.53. The molecule has 0 amide bonds. The third kappa shape index (κ3) is 2.87. The van der Waals surface area contributed by atoms with Crippen LogP contribution in [0.2, 0.25) is 0 Å². The molecule has 1 aromatic carbocycles. The van der Waals surface area contributed by atoms with Crippen molar-refractivity contribution in [3.63, 3.8) is 0 Å². The summed E-state index contributed by atoms with van der Waals surface area (Å²) in [6, 6.07) is 11.0. The Morgan fingerprint density at radius 2 is 2.17 bits per heavy atom. The Morgan fingerprint density at radius 1 is 1.29 bits per heavy atom. The van der Waals surface area contributed by atoms with Crippen LogP contribution in [0.25, 0.3) is 23.0 Å². The molecule has 5 heteroatoms. The fraction of sp³-hybridized carbons (Fsp3) is 0.368. The molecule has 124 valence electrons. The zero-order valence-electron chi connectivity index (χ0n) is 13.9. The van der Waals surface area contributed by atoms with Crippen molar-refractivity contribution >= 4 is 0 Å². The quantitative estimate of drug-likeness (QED) is 0.791. The van der Waals surface area contributed by atoms with E-state index in [4.69, 9.17) is 4.42 Å². The van der Waals surface area contributed by atoms with Gasteiger partial charge in [0.1, 0.15) is 12.0 Å². The van der Waals surface area contributed by atoms with Gasteiger partial charge in [-0.1, -0.05) is 25.1 Å². The van der Waals surface area contributed by atoms with Crippen molar-refractivity contribution in [2.24, 2.45) is 0 Å². The molecule has 3 aromatic rings. The normalized spacial score (nSPS) is 21.0. The van der Waals surface area contributed by atoms with E-state index in [-0.39, 0.29) is 0 Å². The summed E-state index contributed by atoms with van der Waals surface area (Å²) < 4.78 is 7.94. The van der Waals surface area contributed by atoms with E-state index in [9.17, 15) is 0 Å². The highest BCUT2D eigenvalue weighted by Gasteiger charge is 2.24. The lowest BCUT2D eigenvalue weighted by atomic mass is 9.97. The molecule has 0 radical (unpaired) electrons. The van der Waals surface area contributed by atoms with Crippen LogP contribution in [0.4, 0.5) is 0 Å². The highest BCUT2D eigenvalue weighted by atomic mass is 16.3. The molecular formula is C19H22N4O. The van der Waals surface area contributed by atoms with E-state index in [2.05, 4.69) is 33.0 Å². The molecule has 0 bridgehead atoms. The number of piperidine rings is 1. The van der Waals surface area contributed by atoms with Crippen LogP contribution in [-0.2, 0) is 0 Å². The van der Waals surface area contributed by atoms with Gasteiger partial charge in [0, 0.05) is 30.0 Å². The van der Waals surface area contributed by atoms with Gasteiger partial charge in [-0.15, -0.1) is 0 Å². The van der Waals surface area contributed by atoms with Gasteiger partial charge >= 0.3 is 0 Å². The molecular weight excluding hydrogens is 300 g/mol. The maximum Gasteiger partial charge on any atom is 0.226 e. The van der Waals surface area contributed by atoms with E-state index < -0.39 is 0 Å². The monoisotopic (exact) mass is 322 g/mol. The van der Waals surface area contributed by atoms with Gasteiger partial charge in [-0.05, 0) is 37.9 Å². The van der Waals surface area contributed by atoms with Crippen LogP contribution in [0.3, 0.4) is 0 Å². The van der Waals surface area contributed by atoms with Crippen molar-refractivity contribution in [2.45, 2.75) is 38.3 Å². The van der Waals surface area contributed by atoms with E-state index in [0.717, 1.165) is 42.9 Å². The van der Waals surface area contributed by atoms with E-state index in [0.29, 0.717) is 18.0 Å². The summed E-state index contributed by atoms with van der Waals surface area (Å²) >= 11 is 0. The molecule has 1 N–H and O–H groups in total. The molecule has 1 aliphatic rings. The smallest absolute Gasteiger partial charge is 0.226 e. The molecule has 1 fully saturated rings. The molecule has 2 atom stereocenters. The number of nitrogens with zero attached hydrogens (tertiary/aromatic N) is 3. The fourth-order valence-electron chi connectivity index (χ4n) is 3.44. The lowest BCUT2D eigenvalue weighted by molar-refractivity contribution is 0.297. The zero-order valence-corrected chi connectivity index (χ0v) is 13.9. The largest absolute Gasteiger partial charge is 0.444 e. The number of nitrogens with one attached hydrogen (secondary N) is 1. The van der Waals surface area contributed by atoms with Gasteiger partial charge in [0.15, 0.2) is 5.82 Å². The van der Waals surface area contributed by atoms with E-state index >= 15 is 0 Å². The number of hydrogen-bond acceptors (Lipinski definition) is 4. The van der Waals surface area contributed by atoms with E-state index in [1.165, 1.54) is 0 Å². The summed E-state index contributed by atoms with van der Waals surface area (Å²) in [4.78, 5) is 9.19. The molecule has 2 aromatic heterocycles. The Balaban J connectivity index is 1.62. The van der Waals surface area contributed by atoms with Gasteiger partial charge < -0.3 is 14.3 Å². The lowest BCUT2D eigenvalue weighted by Crippen LogP contribution is -2.38. The third-order valence-corrected chi connectivity index (χ3v) is 4.78. The van der Waals surface area contributed by atoms with Crippen molar-refractivity contribution in [1.82, 2.24) is 19.9 Å². The van der Waals surface area contributed by atoms with Gasteiger partial charge in [0.25, 0.3) is 0 Å². The second-order valence-corrected chi connectivity index (χ2v) is 6.30. The van der Waals surface area contributed by atoms with Gasteiger partial charge in [-0.3, -0.25) is 0 Å². The number of rotatable bonds is 4. The minimum absolute atomic E-state index is 0.463. The Hall–Kier alpha value is -2.40. The van der Waals surface area contributed by atoms with Crippen molar-refractivity contribution < 1.29 is 4.42 Å². The second-order valence-electron chi connectivity index (χ2n) is 6.30. The van der Waals surface area contributed by atoms with Crippen LogP contribution in [0.5, 0.6) is 0 Å². The third-order valence-electron chi connectivity index (χ3n) is 4.78. The first kappa shape index (κ1) is 15.1. The van der Waals surface area contributed by atoms with E-state index in [1.54, 1.807) is 6.26 Å². The standard InChI is InChI=1S/C19H22N4O/c1-2-15-12-16(8-9-20-15)23-11-10-21-18(23)17-13-24-19(22-17)14-6-4-3-5-7-14/h3-7,10-11,13,15-16,20H,2,8-9,12H2,1H3/t15-,16+/m0/s1. The second kappa shape index (κ2) is 6.61. The Labute approximate surface area is 141 Å². The van der Waals surface area contributed by atoms with Crippen LogP contribution < -0.4 is 5.32 Å². The average Bonchev–Trinajstić information content (AvgIpc) is 3.31. The lowest BCUT2D eigenvalue weighted by Gasteiger charge is -2.31. The maximum atomic E-state index is 5.68. The predicted octanol–water partition coefficient (Wildman–Crippen LogP) is 3.91. The summed E-state index contributed by atoms with van der Waals surface area (Å²) in [5.41, 5.74) is 1.78.